The van der Waals surface area contributed by atoms with Crippen LogP contribution >= 0.6 is 12.4 Å². The van der Waals surface area contributed by atoms with E-state index in [-0.39, 0.29) is 18.3 Å². The summed E-state index contributed by atoms with van der Waals surface area (Å²) in [6, 6.07) is 10.3. The van der Waals surface area contributed by atoms with Crippen LogP contribution in [0.2, 0.25) is 0 Å². The molecule has 1 N–H and O–H groups in total. The van der Waals surface area contributed by atoms with Gasteiger partial charge in [-0.15, -0.1) is 12.4 Å². The summed E-state index contributed by atoms with van der Waals surface area (Å²) in [5.41, 5.74) is 5.17. The van der Waals surface area contributed by atoms with Crippen molar-refractivity contribution >= 4 is 18.3 Å². The first kappa shape index (κ1) is 24.2. The van der Waals surface area contributed by atoms with Gasteiger partial charge in [0.25, 0.3) is 0 Å². The number of ether oxygens (including phenoxy) is 3. The Hall–Kier alpha value is -2.44. The van der Waals surface area contributed by atoms with E-state index >= 15 is 0 Å². The first-order valence-corrected chi connectivity index (χ1v) is 11.0. The number of fused-ring (bicyclic) bond motifs is 2. The number of nitrogens with one attached hydrogen (secondary N) is 1. The fourth-order valence-corrected chi connectivity index (χ4v) is 4.75. The molecule has 0 saturated carbocycles. The highest BCUT2D eigenvalue weighted by Gasteiger charge is 2.29. The number of amides is 1. The van der Waals surface area contributed by atoms with Crippen LogP contribution in [0, 0.1) is 0 Å². The van der Waals surface area contributed by atoms with Crippen molar-refractivity contribution in [3.8, 4) is 17.2 Å². The summed E-state index contributed by atoms with van der Waals surface area (Å²) in [5, 5.41) is 3.48. The van der Waals surface area contributed by atoms with Crippen LogP contribution in [-0.2, 0) is 24.1 Å². The molecule has 4 rings (SSSR count). The van der Waals surface area contributed by atoms with E-state index < -0.39 is 0 Å². The largest absolute Gasteiger partial charge is 0.496 e. The Morgan fingerprint density at radius 3 is 2.19 bits per heavy atom. The Bertz CT molecular complexity index is 915. The summed E-state index contributed by atoms with van der Waals surface area (Å²) >= 11 is 0. The zero-order valence-electron chi connectivity index (χ0n) is 19.1. The predicted molar refractivity (Wildman–Crippen MR) is 128 cm³/mol. The van der Waals surface area contributed by atoms with Gasteiger partial charge in [0.05, 0.1) is 21.3 Å². The summed E-state index contributed by atoms with van der Waals surface area (Å²) in [6.07, 6.45) is 3.28. The van der Waals surface area contributed by atoms with Gasteiger partial charge >= 0.3 is 0 Å². The highest BCUT2D eigenvalue weighted by Crippen LogP contribution is 2.41. The zero-order chi connectivity index (χ0) is 21.8. The summed E-state index contributed by atoms with van der Waals surface area (Å²) in [4.78, 5) is 14.8. The summed E-state index contributed by atoms with van der Waals surface area (Å²) in [5.74, 6) is 3.16. The number of halogens is 1. The van der Waals surface area contributed by atoms with Crippen molar-refractivity contribution in [3.05, 3.63) is 52.6 Å². The number of nitrogens with zero attached hydrogens (tertiary/aromatic N) is 1. The molecule has 1 amide bonds. The van der Waals surface area contributed by atoms with Crippen LogP contribution in [0.3, 0.4) is 0 Å². The Kier molecular flexibility index (Phi) is 8.26. The van der Waals surface area contributed by atoms with E-state index in [0.29, 0.717) is 18.9 Å². The highest BCUT2D eigenvalue weighted by molar-refractivity contribution is 5.85. The topological polar surface area (TPSA) is 60.0 Å². The fourth-order valence-electron chi connectivity index (χ4n) is 4.75. The number of rotatable bonds is 8. The molecule has 0 aromatic heterocycles. The molecule has 2 aliphatic rings. The van der Waals surface area contributed by atoms with E-state index in [2.05, 4.69) is 23.5 Å². The third kappa shape index (κ3) is 4.97. The van der Waals surface area contributed by atoms with Gasteiger partial charge in [0.15, 0.2) is 11.5 Å². The standard InChI is InChI=1S/C25H32N2O4.ClH/c1-29-21-6-4-5-19-13-20(25(19)21)16-26-10-7-24(28)27-11-8-17-14-22(30-2)23(31-3)15-18(17)9-12-27;/h4-6,14-15,20,26H,7-13,16H2,1-3H3;1H. The molecule has 1 heterocycles. The normalized spacial score (nSPS) is 16.6. The molecule has 174 valence electrons. The van der Waals surface area contributed by atoms with E-state index in [1.807, 2.05) is 17.0 Å². The molecule has 6 nitrogen and oxygen atoms in total. The van der Waals surface area contributed by atoms with Gasteiger partial charge in [-0.2, -0.15) is 0 Å². The van der Waals surface area contributed by atoms with Crippen molar-refractivity contribution in [2.45, 2.75) is 31.6 Å². The van der Waals surface area contributed by atoms with Crippen LogP contribution in [0.25, 0.3) is 0 Å². The number of carbonyl (C=O) groups is 1. The molecule has 1 aliphatic heterocycles. The molecule has 0 bridgehead atoms. The Labute approximate surface area is 196 Å². The molecule has 1 atom stereocenters. The van der Waals surface area contributed by atoms with Crippen molar-refractivity contribution in [1.29, 1.82) is 0 Å². The third-order valence-electron chi connectivity index (χ3n) is 6.52. The molecule has 2 aromatic rings. The van der Waals surface area contributed by atoms with Crippen molar-refractivity contribution < 1.29 is 19.0 Å². The number of methoxy groups -OCH3 is 3. The minimum absolute atomic E-state index is 0. The third-order valence-corrected chi connectivity index (χ3v) is 6.52. The van der Waals surface area contributed by atoms with Gasteiger partial charge in [0, 0.05) is 44.1 Å². The van der Waals surface area contributed by atoms with E-state index in [4.69, 9.17) is 14.2 Å². The summed E-state index contributed by atoms with van der Waals surface area (Å²) < 4.78 is 16.4. The van der Waals surface area contributed by atoms with Crippen LogP contribution < -0.4 is 19.5 Å². The minimum atomic E-state index is 0. The van der Waals surface area contributed by atoms with Crippen molar-refractivity contribution in [1.82, 2.24) is 10.2 Å². The molecule has 2 aromatic carbocycles. The fraction of sp³-hybridized carbons (Fsp3) is 0.480. The summed E-state index contributed by atoms with van der Waals surface area (Å²) in [6.45, 7) is 3.07. The minimum Gasteiger partial charge on any atom is -0.496 e. The van der Waals surface area contributed by atoms with E-state index in [0.717, 1.165) is 56.1 Å². The van der Waals surface area contributed by atoms with Crippen molar-refractivity contribution in [2.24, 2.45) is 0 Å². The predicted octanol–water partition coefficient (Wildman–Crippen LogP) is 3.38. The Morgan fingerprint density at radius 2 is 1.59 bits per heavy atom. The van der Waals surface area contributed by atoms with Gasteiger partial charge < -0.3 is 24.4 Å². The molecular formula is C25H33ClN2O4. The lowest BCUT2D eigenvalue weighted by Crippen LogP contribution is -2.36. The van der Waals surface area contributed by atoms with E-state index in [1.54, 1.807) is 21.3 Å². The molecule has 1 aliphatic carbocycles. The van der Waals surface area contributed by atoms with Crippen LogP contribution in [-0.4, -0.2) is 58.3 Å². The van der Waals surface area contributed by atoms with Crippen LogP contribution in [0.15, 0.2) is 30.3 Å². The lowest BCUT2D eigenvalue weighted by Gasteiger charge is -2.32. The first-order chi connectivity index (χ1) is 15.1. The second kappa shape index (κ2) is 10.9. The SMILES string of the molecule is COc1cc2c(cc1OC)CCN(C(=O)CCNCC1Cc3cccc(OC)c31)CC2.Cl. The molecule has 0 radical (unpaired) electrons. The maximum atomic E-state index is 12.8. The molecule has 0 spiro atoms. The van der Waals surface area contributed by atoms with Crippen LogP contribution in [0.5, 0.6) is 17.2 Å². The number of hydrogen-bond acceptors (Lipinski definition) is 5. The van der Waals surface area contributed by atoms with E-state index in [9.17, 15) is 4.79 Å². The monoisotopic (exact) mass is 460 g/mol. The molecule has 32 heavy (non-hydrogen) atoms. The second-order valence-electron chi connectivity index (χ2n) is 8.24. The van der Waals surface area contributed by atoms with Gasteiger partial charge in [0.1, 0.15) is 5.75 Å². The molecule has 1 unspecified atom stereocenters. The Morgan fingerprint density at radius 1 is 0.969 bits per heavy atom. The highest BCUT2D eigenvalue weighted by atomic mass is 35.5. The number of hydrogen-bond donors (Lipinski definition) is 1. The van der Waals surface area contributed by atoms with Gasteiger partial charge in [0.2, 0.25) is 5.91 Å². The maximum Gasteiger partial charge on any atom is 0.223 e. The van der Waals surface area contributed by atoms with E-state index in [1.165, 1.54) is 22.3 Å². The zero-order valence-corrected chi connectivity index (χ0v) is 19.9. The first-order valence-electron chi connectivity index (χ1n) is 11.0. The van der Waals surface area contributed by atoms with Crippen LogP contribution in [0.4, 0.5) is 0 Å². The molecular weight excluding hydrogens is 428 g/mol. The van der Waals surface area contributed by atoms with Crippen molar-refractivity contribution in [2.75, 3.05) is 47.5 Å². The van der Waals surface area contributed by atoms with Gasteiger partial charge in [-0.05, 0) is 54.2 Å². The number of carbonyl (C=O) groups excluding carboxylic acids is 1. The lowest BCUT2D eigenvalue weighted by atomic mass is 9.77. The average Bonchev–Trinajstić information content (AvgIpc) is 2.99. The Balaban J connectivity index is 0.00000289. The lowest BCUT2D eigenvalue weighted by molar-refractivity contribution is -0.131. The van der Waals surface area contributed by atoms with Gasteiger partial charge in [-0.3, -0.25) is 4.79 Å². The number of benzene rings is 2. The summed E-state index contributed by atoms with van der Waals surface area (Å²) in [7, 11) is 5.03. The molecule has 0 saturated heterocycles. The smallest absolute Gasteiger partial charge is 0.223 e. The van der Waals surface area contributed by atoms with Gasteiger partial charge in [-0.1, -0.05) is 12.1 Å². The van der Waals surface area contributed by atoms with Crippen molar-refractivity contribution in [3.63, 3.8) is 0 Å². The van der Waals surface area contributed by atoms with Gasteiger partial charge in [-0.25, -0.2) is 0 Å². The maximum absolute atomic E-state index is 12.8. The molecule has 0 fully saturated rings. The quantitative estimate of drug-likeness (QED) is 0.612. The second-order valence-corrected chi connectivity index (χ2v) is 8.24. The average molecular weight is 461 g/mol. The molecule has 7 heteroatoms. The van der Waals surface area contributed by atoms with Crippen LogP contribution in [0.1, 0.15) is 34.6 Å².